The molecule has 2 saturated heterocycles. The summed E-state index contributed by atoms with van der Waals surface area (Å²) in [5.41, 5.74) is 0. The Kier molecular flexibility index (Phi) is 8.19. The fraction of sp³-hybridized carbons (Fsp3) is 0.917. The van der Waals surface area contributed by atoms with E-state index < -0.39 is 0 Å². The summed E-state index contributed by atoms with van der Waals surface area (Å²) in [6.07, 6.45) is 17.8. The van der Waals surface area contributed by atoms with Crippen molar-refractivity contribution in [3.63, 3.8) is 0 Å². The van der Waals surface area contributed by atoms with E-state index in [1.54, 1.807) is 0 Å². The van der Waals surface area contributed by atoms with Gasteiger partial charge in [0.1, 0.15) is 6.10 Å². The van der Waals surface area contributed by atoms with Crippen molar-refractivity contribution in [2.75, 3.05) is 0 Å². The van der Waals surface area contributed by atoms with E-state index in [0.29, 0.717) is 24.2 Å². The summed E-state index contributed by atoms with van der Waals surface area (Å²) in [5, 5.41) is 9.38. The van der Waals surface area contributed by atoms with Crippen molar-refractivity contribution < 1.29 is 9.53 Å². The highest BCUT2D eigenvalue weighted by Gasteiger charge is 2.56. The molecular formula is C24H39NO2. The zero-order chi connectivity index (χ0) is 19.1. The van der Waals surface area contributed by atoms with E-state index in [0.717, 1.165) is 37.5 Å². The van der Waals surface area contributed by atoms with Crippen molar-refractivity contribution in [2.24, 2.45) is 23.7 Å². The van der Waals surface area contributed by atoms with Crippen LogP contribution in [0.25, 0.3) is 0 Å². The Labute approximate surface area is 166 Å². The van der Waals surface area contributed by atoms with E-state index >= 15 is 0 Å². The van der Waals surface area contributed by atoms with Gasteiger partial charge < -0.3 is 4.74 Å². The largest absolute Gasteiger partial charge is 0.367 e. The topological polar surface area (TPSA) is 50.1 Å². The van der Waals surface area contributed by atoms with Gasteiger partial charge in [-0.2, -0.15) is 5.26 Å². The lowest BCUT2D eigenvalue weighted by Gasteiger charge is -2.41. The van der Waals surface area contributed by atoms with Crippen LogP contribution in [0, 0.1) is 35.0 Å². The lowest BCUT2D eigenvalue weighted by molar-refractivity contribution is -0.161. The molecule has 0 aromatic rings. The average molecular weight is 374 g/mol. The third-order valence-corrected chi connectivity index (χ3v) is 7.44. The van der Waals surface area contributed by atoms with E-state index in [1.165, 1.54) is 64.2 Å². The van der Waals surface area contributed by atoms with Gasteiger partial charge >= 0.3 is 0 Å². The molecule has 4 bridgehead atoms. The predicted octanol–water partition coefficient (Wildman–Crippen LogP) is 6.21. The Morgan fingerprint density at radius 1 is 0.963 bits per heavy atom. The molecule has 2 aliphatic carbocycles. The van der Waals surface area contributed by atoms with Gasteiger partial charge in [-0.05, 0) is 56.3 Å². The molecule has 6 unspecified atom stereocenters. The van der Waals surface area contributed by atoms with Gasteiger partial charge in [0.15, 0.2) is 5.78 Å². The molecule has 2 heterocycles. The molecule has 0 radical (unpaired) electrons. The molecule has 6 atom stereocenters. The lowest BCUT2D eigenvalue weighted by Crippen LogP contribution is -2.46. The molecule has 4 rings (SSSR count). The number of nitrogens with zero attached hydrogens (tertiary/aromatic N) is 1. The first-order chi connectivity index (χ1) is 13.2. The van der Waals surface area contributed by atoms with Crippen molar-refractivity contribution >= 4 is 5.78 Å². The van der Waals surface area contributed by atoms with Crippen LogP contribution in [0.15, 0.2) is 0 Å². The molecule has 0 amide bonds. The molecule has 27 heavy (non-hydrogen) atoms. The Bertz CT molecular complexity index is 509. The highest BCUT2D eigenvalue weighted by Crippen LogP contribution is 2.56. The second-order valence-corrected chi connectivity index (χ2v) is 9.43. The van der Waals surface area contributed by atoms with Crippen LogP contribution in [-0.2, 0) is 9.53 Å². The second kappa shape index (κ2) is 10.6. The van der Waals surface area contributed by atoms with Crippen LogP contribution in [-0.4, -0.2) is 18.0 Å². The maximum atomic E-state index is 12.6. The number of rotatable bonds is 14. The van der Waals surface area contributed by atoms with Crippen LogP contribution < -0.4 is 0 Å². The van der Waals surface area contributed by atoms with Gasteiger partial charge in [0.25, 0.3) is 0 Å². The van der Waals surface area contributed by atoms with Crippen LogP contribution >= 0.6 is 0 Å². The summed E-state index contributed by atoms with van der Waals surface area (Å²) >= 11 is 0. The summed E-state index contributed by atoms with van der Waals surface area (Å²) in [6.45, 7) is 2.25. The first-order valence-corrected chi connectivity index (χ1v) is 11.8. The van der Waals surface area contributed by atoms with E-state index in [9.17, 15) is 10.1 Å². The van der Waals surface area contributed by atoms with Crippen LogP contribution in [0.1, 0.15) is 103 Å². The highest BCUT2D eigenvalue weighted by atomic mass is 16.5. The Hall–Kier alpha value is -0.880. The quantitative estimate of drug-likeness (QED) is 0.340. The fourth-order valence-corrected chi connectivity index (χ4v) is 5.86. The second-order valence-electron chi connectivity index (χ2n) is 9.43. The van der Waals surface area contributed by atoms with Crippen LogP contribution in [0.3, 0.4) is 0 Å². The van der Waals surface area contributed by atoms with Crippen molar-refractivity contribution in [1.29, 1.82) is 5.26 Å². The molecule has 2 aliphatic heterocycles. The van der Waals surface area contributed by atoms with Gasteiger partial charge in [-0.25, -0.2) is 0 Å². The first kappa shape index (κ1) is 20.8. The lowest BCUT2D eigenvalue weighted by atomic mass is 9.78. The number of unbranched alkanes of at least 4 members (excludes halogenated alkanes) is 7. The third-order valence-electron chi connectivity index (χ3n) is 7.44. The number of ketones is 1. The normalized spacial score (nSPS) is 31.9. The SMILES string of the molecule is CCCCCCCCCC(C#N)CCCCC(=O)C1OC2CC3CC2CC31. The first-order valence-electron chi connectivity index (χ1n) is 11.8. The number of hydrogen-bond acceptors (Lipinski definition) is 3. The predicted molar refractivity (Wildman–Crippen MR) is 108 cm³/mol. The van der Waals surface area contributed by atoms with Crippen LogP contribution in [0.2, 0.25) is 0 Å². The maximum Gasteiger partial charge on any atom is 0.161 e. The monoisotopic (exact) mass is 373 g/mol. The maximum absolute atomic E-state index is 12.6. The number of nitriles is 1. The zero-order valence-corrected chi connectivity index (χ0v) is 17.3. The zero-order valence-electron chi connectivity index (χ0n) is 17.3. The molecule has 0 aromatic carbocycles. The molecular weight excluding hydrogens is 334 g/mol. The Balaban J connectivity index is 1.23. The molecule has 3 nitrogen and oxygen atoms in total. The van der Waals surface area contributed by atoms with Crippen LogP contribution in [0.5, 0.6) is 0 Å². The number of carbonyl (C=O) groups excluding carboxylic acids is 1. The minimum atomic E-state index is -0.0908. The van der Waals surface area contributed by atoms with Gasteiger partial charge in [-0.3, -0.25) is 4.79 Å². The van der Waals surface area contributed by atoms with Gasteiger partial charge in [0.05, 0.1) is 12.2 Å². The van der Waals surface area contributed by atoms with Crippen molar-refractivity contribution in [2.45, 2.75) is 115 Å². The van der Waals surface area contributed by atoms with Gasteiger partial charge in [-0.1, -0.05) is 58.3 Å². The molecule has 0 spiro atoms. The van der Waals surface area contributed by atoms with Crippen molar-refractivity contribution in [1.82, 2.24) is 0 Å². The number of ether oxygens (including phenoxy) is 1. The van der Waals surface area contributed by atoms with E-state index in [4.69, 9.17) is 4.74 Å². The Morgan fingerprint density at radius 2 is 1.67 bits per heavy atom. The summed E-state index contributed by atoms with van der Waals surface area (Å²) in [6, 6.07) is 2.49. The van der Waals surface area contributed by atoms with Crippen LogP contribution in [0.4, 0.5) is 0 Å². The summed E-state index contributed by atoms with van der Waals surface area (Å²) in [5.74, 6) is 2.58. The number of fused-ring (bicyclic) bond motifs is 1. The molecule has 3 heteroatoms. The van der Waals surface area contributed by atoms with E-state index in [-0.39, 0.29) is 12.0 Å². The van der Waals surface area contributed by atoms with Gasteiger partial charge in [0, 0.05) is 12.3 Å². The van der Waals surface area contributed by atoms with Crippen molar-refractivity contribution in [3.8, 4) is 6.07 Å². The Morgan fingerprint density at radius 3 is 2.30 bits per heavy atom. The van der Waals surface area contributed by atoms with Gasteiger partial charge in [0.2, 0.25) is 0 Å². The van der Waals surface area contributed by atoms with E-state index in [2.05, 4.69) is 13.0 Å². The summed E-state index contributed by atoms with van der Waals surface area (Å²) in [4.78, 5) is 12.6. The molecule has 4 aliphatic rings. The highest BCUT2D eigenvalue weighted by molar-refractivity contribution is 5.83. The molecule has 4 fully saturated rings. The minimum absolute atomic E-state index is 0.0908. The molecule has 2 saturated carbocycles. The summed E-state index contributed by atoms with van der Waals surface area (Å²) in [7, 11) is 0. The smallest absolute Gasteiger partial charge is 0.161 e. The minimum Gasteiger partial charge on any atom is -0.367 e. The molecule has 0 aromatic heterocycles. The van der Waals surface area contributed by atoms with Crippen molar-refractivity contribution in [3.05, 3.63) is 0 Å². The molecule has 152 valence electrons. The fourth-order valence-electron chi connectivity index (χ4n) is 5.86. The number of carbonyl (C=O) groups is 1. The van der Waals surface area contributed by atoms with E-state index in [1.807, 2.05) is 0 Å². The number of Topliss-reactive ketones (excluding diaryl/α,β-unsaturated/α-hetero) is 1. The summed E-state index contributed by atoms with van der Waals surface area (Å²) < 4.78 is 6.10. The number of hydrogen-bond donors (Lipinski definition) is 0. The standard InChI is InChI=1S/C24H39NO2/c1-2-3-4-5-6-7-8-11-18(17-25)12-9-10-13-22(26)24-21-15-20-14-19(21)16-23(20)27-24/h18-21,23-24H,2-16H2,1H3. The third kappa shape index (κ3) is 5.57. The molecule has 0 N–H and O–H groups in total. The average Bonchev–Trinajstić information content (AvgIpc) is 3.25. The van der Waals surface area contributed by atoms with Gasteiger partial charge in [-0.15, -0.1) is 0 Å².